The number of nitrogens with one attached hydrogen (secondary N) is 1. The van der Waals surface area contributed by atoms with Gasteiger partial charge >= 0.3 is 0 Å². The predicted octanol–water partition coefficient (Wildman–Crippen LogP) is 2.81. The maximum Gasteiger partial charge on any atom is 0.205 e. The van der Waals surface area contributed by atoms with E-state index in [1.54, 1.807) is 11.5 Å². The molecule has 0 amide bonds. The fraction of sp³-hybridized carbons (Fsp3) is 0.867. The highest BCUT2D eigenvalue weighted by atomic mass is 32.1. The summed E-state index contributed by atoms with van der Waals surface area (Å²) in [5, 5.41) is 4.71. The topological polar surface area (TPSA) is 41.1 Å². The monoisotopic (exact) mass is 294 g/mol. The van der Waals surface area contributed by atoms with Gasteiger partial charge < -0.3 is 10.2 Å². The van der Waals surface area contributed by atoms with Gasteiger partial charge in [0.25, 0.3) is 0 Å². The Hall–Kier alpha value is -0.680. The summed E-state index contributed by atoms with van der Waals surface area (Å²) in [4.78, 5) is 7.27. The molecule has 20 heavy (non-hydrogen) atoms. The van der Waals surface area contributed by atoms with Crippen molar-refractivity contribution in [2.45, 2.75) is 51.9 Å². The average molecular weight is 294 g/mol. The lowest BCUT2D eigenvalue weighted by Gasteiger charge is -2.45. The Bertz CT molecular complexity index is 451. The van der Waals surface area contributed by atoms with E-state index in [4.69, 9.17) is 4.98 Å². The number of rotatable bonds is 1. The van der Waals surface area contributed by atoms with Crippen LogP contribution in [0.15, 0.2) is 0 Å². The Morgan fingerprint density at radius 3 is 2.70 bits per heavy atom. The predicted molar refractivity (Wildman–Crippen MR) is 84.6 cm³/mol. The first kappa shape index (κ1) is 14.3. The fourth-order valence-electron chi connectivity index (χ4n) is 3.40. The lowest BCUT2D eigenvalue weighted by Crippen LogP contribution is -2.51. The van der Waals surface area contributed by atoms with Crippen LogP contribution in [0.25, 0.3) is 0 Å². The zero-order chi connectivity index (χ0) is 14.2. The molecule has 1 unspecified atom stereocenters. The molecule has 1 spiro atoms. The Morgan fingerprint density at radius 1 is 1.25 bits per heavy atom. The lowest BCUT2D eigenvalue weighted by molar-refractivity contribution is 0.173. The van der Waals surface area contributed by atoms with Gasteiger partial charge in [-0.2, -0.15) is 4.37 Å². The van der Waals surface area contributed by atoms with Gasteiger partial charge in [-0.3, -0.25) is 0 Å². The Balaban J connectivity index is 1.75. The van der Waals surface area contributed by atoms with Crippen LogP contribution < -0.4 is 10.2 Å². The minimum atomic E-state index is 0.0502. The normalized spacial score (nSPS) is 28.1. The molecule has 2 aliphatic rings. The molecule has 1 aromatic heterocycles. The molecule has 1 aromatic rings. The smallest absolute Gasteiger partial charge is 0.205 e. The van der Waals surface area contributed by atoms with Gasteiger partial charge in [-0.05, 0) is 32.2 Å². The number of anilines is 1. The van der Waals surface area contributed by atoms with E-state index in [1.807, 2.05) is 0 Å². The van der Waals surface area contributed by atoms with Crippen LogP contribution >= 0.6 is 11.5 Å². The third-order valence-electron chi connectivity index (χ3n) is 4.58. The SMILES string of the molecule is CC(C)(C)c1nsc(N2CCCC3(CCCNC3)C2)n1. The molecule has 3 rings (SSSR count). The number of hydrogen-bond acceptors (Lipinski definition) is 5. The molecular weight excluding hydrogens is 268 g/mol. The van der Waals surface area contributed by atoms with Gasteiger partial charge in [-0.1, -0.05) is 20.8 Å². The molecule has 1 N–H and O–H groups in total. The molecule has 2 saturated heterocycles. The van der Waals surface area contributed by atoms with Crippen LogP contribution in [0.2, 0.25) is 0 Å². The van der Waals surface area contributed by atoms with E-state index in [1.165, 1.54) is 38.8 Å². The van der Waals surface area contributed by atoms with Crippen molar-refractivity contribution in [3.8, 4) is 0 Å². The molecule has 5 heteroatoms. The van der Waals surface area contributed by atoms with Crippen LogP contribution in [-0.2, 0) is 5.41 Å². The summed E-state index contributed by atoms with van der Waals surface area (Å²) in [6.07, 6.45) is 5.33. The Morgan fingerprint density at radius 2 is 2.05 bits per heavy atom. The summed E-state index contributed by atoms with van der Waals surface area (Å²) >= 11 is 1.57. The van der Waals surface area contributed by atoms with Crippen LogP contribution in [0.4, 0.5) is 5.13 Å². The third-order valence-corrected chi connectivity index (χ3v) is 5.36. The van der Waals surface area contributed by atoms with Gasteiger partial charge in [-0.25, -0.2) is 4.98 Å². The minimum absolute atomic E-state index is 0.0502. The third kappa shape index (κ3) is 2.84. The molecule has 2 fully saturated rings. The molecule has 2 aliphatic heterocycles. The van der Waals surface area contributed by atoms with Crippen LogP contribution in [-0.4, -0.2) is 35.5 Å². The minimum Gasteiger partial charge on any atom is -0.346 e. The van der Waals surface area contributed by atoms with Gasteiger partial charge in [0.1, 0.15) is 5.82 Å². The van der Waals surface area contributed by atoms with Crippen molar-refractivity contribution in [1.29, 1.82) is 0 Å². The summed E-state index contributed by atoms with van der Waals surface area (Å²) in [6.45, 7) is 11.2. The number of aromatic nitrogens is 2. The first-order chi connectivity index (χ1) is 9.49. The molecule has 3 heterocycles. The summed E-state index contributed by atoms with van der Waals surface area (Å²) in [5.74, 6) is 0.985. The van der Waals surface area contributed by atoms with Crippen molar-refractivity contribution < 1.29 is 0 Å². The van der Waals surface area contributed by atoms with Crippen LogP contribution in [0.1, 0.15) is 52.3 Å². The second-order valence-corrected chi connectivity index (χ2v) is 8.19. The molecule has 1 atom stereocenters. The first-order valence-corrected chi connectivity index (χ1v) is 8.56. The summed E-state index contributed by atoms with van der Waals surface area (Å²) in [5.41, 5.74) is 0.526. The fourth-order valence-corrected chi connectivity index (χ4v) is 4.28. The molecule has 0 radical (unpaired) electrons. The number of nitrogens with zero attached hydrogens (tertiary/aromatic N) is 3. The maximum atomic E-state index is 4.80. The summed E-state index contributed by atoms with van der Waals surface area (Å²) < 4.78 is 4.57. The quantitative estimate of drug-likeness (QED) is 0.865. The van der Waals surface area contributed by atoms with E-state index in [0.29, 0.717) is 5.41 Å². The van der Waals surface area contributed by atoms with Crippen molar-refractivity contribution in [3.63, 3.8) is 0 Å². The molecule has 4 nitrogen and oxygen atoms in total. The highest BCUT2D eigenvalue weighted by Crippen LogP contribution is 2.38. The summed E-state index contributed by atoms with van der Waals surface area (Å²) in [7, 11) is 0. The molecule has 0 aromatic carbocycles. The van der Waals surface area contributed by atoms with Crippen LogP contribution in [0.5, 0.6) is 0 Å². The van der Waals surface area contributed by atoms with Crippen molar-refractivity contribution in [2.75, 3.05) is 31.1 Å². The van der Waals surface area contributed by atoms with Gasteiger partial charge in [0, 0.05) is 42.0 Å². The van der Waals surface area contributed by atoms with Gasteiger partial charge in [0.2, 0.25) is 5.13 Å². The average Bonchev–Trinajstić information content (AvgIpc) is 2.89. The van der Waals surface area contributed by atoms with E-state index in [0.717, 1.165) is 24.0 Å². The standard InChI is InChI=1S/C15H26N4S/c1-14(2,3)12-17-13(20-18-12)19-9-5-7-15(11-19)6-4-8-16-10-15/h16H,4-11H2,1-3H3. The van der Waals surface area contributed by atoms with Crippen LogP contribution in [0.3, 0.4) is 0 Å². The first-order valence-electron chi connectivity index (χ1n) is 7.78. The Labute approximate surface area is 126 Å². The molecular formula is C15H26N4S. The largest absolute Gasteiger partial charge is 0.346 e. The van der Waals surface area contributed by atoms with Crippen molar-refractivity contribution in [1.82, 2.24) is 14.7 Å². The van der Waals surface area contributed by atoms with Gasteiger partial charge in [-0.15, -0.1) is 0 Å². The second-order valence-electron chi connectivity index (χ2n) is 7.46. The van der Waals surface area contributed by atoms with E-state index in [9.17, 15) is 0 Å². The number of hydrogen-bond donors (Lipinski definition) is 1. The van der Waals surface area contributed by atoms with Gasteiger partial charge in [0.05, 0.1) is 0 Å². The highest BCUT2D eigenvalue weighted by molar-refractivity contribution is 7.09. The van der Waals surface area contributed by atoms with Crippen molar-refractivity contribution in [2.24, 2.45) is 5.41 Å². The van der Waals surface area contributed by atoms with E-state index in [2.05, 4.69) is 35.4 Å². The zero-order valence-corrected chi connectivity index (χ0v) is 13.7. The second kappa shape index (κ2) is 5.26. The Kier molecular flexibility index (Phi) is 3.75. The van der Waals surface area contributed by atoms with Crippen molar-refractivity contribution in [3.05, 3.63) is 5.82 Å². The van der Waals surface area contributed by atoms with Crippen molar-refractivity contribution >= 4 is 16.7 Å². The zero-order valence-electron chi connectivity index (χ0n) is 12.9. The van der Waals surface area contributed by atoms with E-state index >= 15 is 0 Å². The highest BCUT2D eigenvalue weighted by Gasteiger charge is 2.37. The lowest BCUT2D eigenvalue weighted by atomic mass is 9.74. The van der Waals surface area contributed by atoms with E-state index < -0.39 is 0 Å². The van der Waals surface area contributed by atoms with Gasteiger partial charge in [0.15, 0.2) is 0 Å². The number of piperidine rings is 2. The molecule has 0 bridgehead atoms. The maximum absolute atomic E-state index is 4.80. The summed E-state index contributed by atoms with van der Waals surface area (Å²) in [6, 6.07) is 0. The molecule has 0 saturated carbocycles. The van der Waals surface area contributed by atoms with E-state index in [-0.39, 0.29) is 5.41 Å². The van der Waals surface area contributed by atoms with Crippen LogP contribution in [0, 0.1) is 5.41 Å². The molecule has 112 valence electrons. The molecule has 0 aliphatic carbocycles.